The molecular weight excluding hydrogens is 242 g/mol. The standard InChI is InChI=1S/C13H21N5O/c1-17(2)13-14-7-6-11(16-13)15-10-12(19)18-8-4-3-5-9-18/h6-7H,3-5,8-10H2,1-2H3,(H,14,15,16). The van der Waals surface area contributed by atoms with E-state index < -0.39 is 0 Å². The molecule has 6 heteroatoms. The summed E-state index contributed by atoms with van der Waals surface area (Å²) in [5.74, 6) is 1.46. The van der Waals surface area contributed by atoms with Gasteiger partial charge in [0, 0.05) is 33.4 Å². The van der Waals surface area contributed by atoms with Gasteiger partial charge in [-0.25, -0.2) is 4.98 Å². The quantitative estimate of drug-likeness (QED) is 0.877. The Hall–Kier alpha value is -1.85. The molecule has 1 aliphatic heterocycles. The minimum absolute atomic E-state index is 0.143. The third-order valence-corrected chi connectivity index (χ3v) is 3.17. The van der Waals surface area contributed by atoms with Crippen LogP contribution in [0.4, 0.5) is 11.8 Å². The Morgan fingerprint density at radius 1 is 1.37 bits per heavy atom. The topological polar surface area (TPSA) is 61.4 Å². The maximum absolute atomic E-state index is 12.0. The van der Waals surface area contributed by atoms with Crippen LogP contribution in [0.25, 0.3) is 0 Å². The molecule has 0 saturated carbocycles. The molecular formula is C13H21N5O. The number of anilines is 2. The average Bonchev–Trinajstić information content (AvgIpc) is 2.46. The zero-order chi connectivity index (χ0) is 13.7. The van der Waals surface area contributed by atoms with E-state index >= 15 is 0 Å². The van der Waals surface area contributed by atoms with E-state index in [0.717, 1.165) is 25.9 Å². The van der Waals surface area contributed by atoms with E-state index in [-0.39, 0.29) is 5.91 Å². The summed E-state index contributed by atoms with van der Waals surface area (Å²) in [5.41, 5.74) is 0. The highest BCUT2D eigenvalue weighted by Crippen LogP contribution is 2.10. The average molecular weight is 263 g/mol. The minimum atomic E-state index is 0.143. The molecule has 2 rings (SSSR count). The number of likely N-dealkylation sites (tertiary alicyclic amines) is 1. The number of rotatable bonds is 4. The molecule has 1 amide bonds. The number of aromatic nitrogens is 2. The van der Waals surface area contributed by atoms with E-state index in [0.29, 0.717) is 18.3 Å². The number of amides is 1. The van der Waals surface area contributed by atoms with Gasteiger partial charge in [0.1, 0.15) is 5.82 Å². The van der Waals surface area contributed by atoms with Crippen LogP contribution in [-0.2, 0) is 4.79 Å². The summed E-state index contributed by atoms with van der Waals surface area (Å²) in [5, 5.41) is 3.07. The van der Waals surface area contributed by atoms with Gasteiger partial charge < -0.3 is 15.1 Å². The van der Waals surface area contributed by atoms with Crippen LogP contribution in [0.3, 0.4) is 0 Å². The second kappa shape index (κ2) is 6.36. The number of hydrogen-bond donors (Lipinski definition) is 1. The van der Waals surface area contributed by atoms with Gasteiger partial charge in [0.05, 0.1) is 6.54 Å². The molecule has 0 bridgehead atoms. The van der Waals surface area contributed by atoms with E-state index in [1.165, 1.54) is 6.42 Å². The van der Waals surface area contributed by atoms with Crippen molar-refractivity contribution in [3.8, 4) is 0 Å². The number of nitrogens with one attached hydrogen (secondary N) is 1. The molecule has 1 saturated heterocycles. The molecule has 0 aromatic carbocycles. The van der Waals surface area contributed by atoms with Gasteiger partial charge in [0.15, 0.2) is 0 Å². The van der Waals surface area contributed by atoms with Crippen LogP contribution in [-0.4, -0.2) is 54.5 Å². The maximum atomic E-state index is 12.0. The summed E-state index contributed by atoms with van der Waals surface area (Å²) in [6.07, 6.45) is 5.15. The number of nitrogens with zero attached hydrogens (tertiary/aromatic N) is 4. The van der Waals surface area contributed by atoms with Gasteiger partial charge in [0.25, 0.3) is 0 Å². The molecule has 0 radical (unpaired) electrons. The minimum Gasteiger partial charge on any atom is -0.361 e. The SMILES string of the molecule is CN(C)c1nccc(NCC(=O)N2CCCCC2)n1. The molecule has 1 aliphatic rings. The fourth-order valence-electron chi connectivity index (χ4n) is 2.08. The lowest BCUT2D eigenvalue weighted by molar-refractivity contribution is -0.130. The van der Waals surface area contributed by atoms with Crippen LogP contribution in [0.2, 0.25) is 0 Å². The smallest absolute Gasteiger partial charge is 0.241 e. The lowest BCUT2D eigenvalue weighted by Crippen LogP contribution is -2.39. The Morgan fingerprint density at radius 3 is 2.79 bits per heavy atom. The molecule has 1 N–H and O–H groups in total. The third kappa shape index (κ3) is 3.81. The van der Waals surface area contributed by atoms with E-state index in [1.54, 1.807) is 12.3 Å². The highest BCUT2D eigenvalue weighted by Gasteiger charge is 2.16. The fourth-order valence-corrected chi connectivity index (χ4v) is 2.08. The molecule has 0 unspecified atom stereocenters. The molecule has 2 heterocycles. The van der Waals surface area contributed by atoms with Crippen molar-refractivity contribution < 1.29 is 4.79 Å². The monoisotopic (exact) mass is 263 g/mol. The van der Waals surface area contributed by atoms with Gasteiger partial charge in [-0.05, 0) is 25.3 Å². The second-order valence-electron chi connectivity index (χ2n) is 4.93. The predicted octanol–water partition coefficient (Wildman–Crippen LogP) is 0.967. The van der Waals surface area contributed by atoms with Crippen molar-refractivity contribution in [1.82, 2.24) is 14.9 Å². The molecule has 0 atom stereocenters. The second-order valence-corrected chi connectivity index (χ2v) is 4.93. The van der Waals surface area contributed by atoms with Crippen LogP contribution in [0.5, 0.6) is 0 Å². The summed E-state index contributed by atoms with van der Waals surface area (Å²) >= 11 is 0. The first-order valence-electron chi connectivity index (χ1n) is 6.69. The molecule has 1 aromatic heterocycles. The fraction of sp³-hybridized carbons (Fsp3) is 0.615. The molecule has 0 aliphatic carbocycles. The van der Waals surface area contributed by atoms with Crippen molar-refractivity contribution >= 4 is 17.7 Å². The summed E-state index contributed by atoms with van der Waals surface area (Å²) in [4.78, 5) is 24.2. The van der Waals surface area contributed by atoms with Crippen LogP contribution < -0.4 is 10.2 Å². The highest BCUT2D eigenvalue weighted by atomic mass is 16.2. The van der Waals surface area contributed by atoms with Crippen molar-refractivity contribution in [3.63, 3.8) is 0 Å². The van der Waals surface area contributed by atoms with Gasteiger partial charge in [0.2, 0.25) is 11.9 Å². The first kappa shape index (κ1) is 13.6. The van der Waals surface area contributed by atoms with Crippen molar-refractivity contribution in [2.75, 3.05) is 43.9 Å². The summed E-state index contributed by atoms with van der Waals surface area (Å²) in [7, 11) is 3.77. The summed E-state index contributed by atoms with van der Waals surface area (Å²) in [6, 6.07) is 1.77. The van der Waals surface area contributed by atoms with E-state index in [4.69, 9.17) is 0 Å². The maximum Gasteiger partial charge on any atom is 0.241 e. The third-order valence-electron chi connectivity index (χ3n) is 3.17. The van der Waals surface area contributed by atoms with Gasteiger partial charge in [-0.3, -0.25) is 4.79 Å². The zero-order valence-corrected chi connectivity index (χ0v) is 11.6. The lowest BCUT2D eigenvalue weighted by Gasteiger charge is -2.26. The normalized spacial score (nSPS) is 15.2. The first-order chi connectivity index (χ1) is 9.16. The van der Waals surface area contributed by atoms with Crippen molar-refractivity contribution in [3.05, 3.63) is 12.3 Å². The lowest BCUT2D eigenvalue weighted by atomic mass is 10.1. The number of carbonyl (C=O) groups is 1. The van der Waals surface area contributed by atoms with E-state index in [1.807, 2.05) is 23.9 Å². The Morgan fingerprint density at radius 2 is 2.11 bits per heavy atom. The molecule has 1 aromatic rings. The Balaban J connectivity index is 1.87. The van der Waals surface area contributed by atoms with E-state index in [2.05, 4.69) is 15.3 Å². The van der Waals surface area contributed by atoms with Crippen LogP contribution >= 0.6 is 0 Å². The predicted molar refractivity (Wildman–Crippen MR) is 75.3 cm³/mol. The van der Waals surface area contributed by atoms with E-state index in [9.17, 15) is 4.79 Å². The summed E-state index contributed by atoms with van der Waals surface area (Å²) in [6.45, 7) is 2.06. The van der Waals surface area contributed by atoms with Crippen molar-refractivity contribution in [2.45, 2.75) is 19.3 Å². The first-order valence-corrected chi connectivity index (χ1v) is 6.69. The molecule has 0 spiro atoms. The Bertz CT molecular complexity index is 429. The van der Waals surface area contributed by atoms with Crippen LogP contribution in [0.15, 0.2) is 12.3 Å². The Kier molecular flexibility index (Phi) is 4.54. The van der Waals surface area contributed by atoms with Crippen molar-refractivity contribution in [1.29, 1.82) is 0 Å². The zero-order valence-electron chi connectivity index (χ0n) is 11.6. The largest absolute Gasteiger partial charge is 0.361 e. The molecule has 6 nitrogen and oxygen atoms in total. The Labute approximate surface area is 113 Å². The van der Waals surface area contributed by atoms with Gasteiger partial charge in [-0.1, -0.05) is 0 Å². The van der Waals surface area contributed by atoms with Crippen LogP contribution in [0, 0.1) is 0 Å². The molecule has 19 heavy (non-hydrogen) atoms. The number of piperidine rings is 1. The summed E-state index contributed by atoms with van der Waals surface area (Å²) < 4.78 is 0. The van der Waals surface area contributed by atoms with Gasteiger partial charge in [-0.2, -0.15) is 4.98 Å². The number of carbonyl (C=O) groups excluding carboxylic acids is 1. The highest BCUT2D eigenvalue weighted by molar-refractivity contribution is 5.80. The molecule has 1 fully saturated rings. The van der Waals surface area contributed by atoms with Crippen molar-refractivity contribution in [2.24, 2.45) is 0 Å². The number of hydrogen-bond acceptors (Lipinski definition) is 5. The van der Waals surface area contributed by atoms with Crippen LogP contribution in [0.1, 0.15) is 19.3 Å². The van der Waals surface area contributed by atoms with Gasteiger partial charge >= 0.3 is 0 Å². The molecule has 104 valence electrons. The van der Waals surface area contributed by atoms with Gasteiger partial charge in [-0.15, -0.1) is 0 Å².